The van der Waals surface area contributed by atoms with Crippen LogP contribution in [0, 0.1) is 18.3 Å². The number of rotatable bonds is 4. The van der Waals surface area contributed by atoms with Crippen molar-refractivity contribution >= 4 is 10.0 Å². The first-order valence-corrected chi connectivity index (χ1v) is 7.75. The zero-order valence-corrected chi connectivity index (χ0v) is 12.6. The Bertz CT molecular complexity index is 760. The van der Waals surface area contributed by atoms with Crippen LogP contribution in [0.15, 0.2) is 47.5 Å². The molecule has 21 heavy (non-hydrogen) atoms. The van der Waals surface area contributed by atoms with Gasteiger partial charge < -0.3 is 0 Å². The highest BCUT2D eigenvalue weighted by molar-refractivity contribution is 7.89. The average Bonchev–Trinajstić information content (AvgIpc) is 2.49. The zero-order valence-electron chi connectivity index (χ0n) is 11.8. The summed E-state index contributed by atoms with van der Waals surface area (Å²) in [5.74, 6) is 0. The van der Waals surface area contributed by atoms with Crippen molar-refractivity contribution in [1.29, 1.82) is 5.26 Å². The molecule has 0 aliphatic carbocycles. The molecule has 5 nitrogen and oxygen atoms in total. The number of nitrogens with zero attached hydrogens (tertiary/aromatic N) is 3. The molecule has 6 heteroatoms. The first kappa shape index (κ1) is 15.2. The molecule has 0 unspecified atom stereocenters. The van der Waals surface area contributed by atoms with E-state index in [-0.39, 0.29) is 17.1 Å². The molecule has 0 aliphatic heterocycles. The Morgan fingerprint density at radius 2 is 1.86 bits per heavy atom. The van der Waals surface area contributed by atoms with Crippen molar-refractivity contribution in [2.24, 2.45) is 0 Å². The minimum absolute atomic E-state index is 0.0797. The molecular weight excluding hydrogens is 286 g/mol. The van der Waals surface area contributed by atoms with Gasteiger partial charge in [0.25, 0.3) is 0 Å². The summed E-state index contributed by atoms with van der Waals surface area (Å²) in [5, 5.41) is 8.69. The van der Waals surface area contributed by atoms with Crippen molar-refractivity contribution in [3.8, 4) is 6.07 Å². The molecule has 2 aromatic rings. The van der Waals surface area contributed by atoms with Gasteiger partial charge in [0, 0.05) is 19.8 Å². The maximum Gasteiger partial charge on any atom is 0.244 e. The van der Waals surface area contributed by atoms with Crippen molar-refractivity contribution in [2.75, 3.05) is 7.05 Å². The lowest BCUT2D eigenvalue weighted by atomic mass is 10.1. The van der Waals surface area contributed by atoms with E-state index in [2.05, 4.69) is 4.98 Å². The van der Waals surface area contributed by atoms with Gasteiger partial charge in [0.15, 0.2) is 0 Å². The second kappa shape index (κ2) is 6.04. The number of nitriles is 1. The van der Waals surface area contributed by atoms with Crippen molar-refractivity contribution in [3.63, 3.8) is 0 Å². The lowest BCUT2D eigenvalue weighted by molar-refractivity contribution is 0.466. The first-order chi connectivity index (χ1) is 9.93. The predicted molar refractivity (Wildman–Crippen MR) is 78.8 cm³/mol. The van der Waals surface area contributed by atoms with Gasteiger partial charge in [0.05, 0.1) is 0 Å². The number of aromatic nitrogens is 1. The quantitative estimate of drug-likeness (QED) is 0.866. The van der Waals surface area contributed by atoms with E-state index in [4.69, 9.17) is 5.26 Å². The summed E-state index contributed by atoms with van der Waals surface area (Å²) in [5.41, 5.74) is 2.23. The average molecular weight is 301 g/mol. The van der Waals surface area contributed by atoms with E-state index < -0.39 is 10.0 Å². The third-order valence-electron chi connectivity index (χ3n) is 3.08. The SMILES string of the molecule is Cc1ccc(CN(C)S(=O)(=O)c2ccc(C#N)nc2)cc1. The van der Waals surface area contributed by atoms with Crippen molar-refractivity contribution in [2.45, 2.75) is 18.4 Å². The summed E-state index contributed by atoms with van der Waals surface area (Å²) in [7, 11) is -2.09. The Labute approximate surface area is 124 Å². The molecule has 0 radical (unpaired) electrons. The number of sulfonamides is 1. The van der Waals surface area contributed by atoms with E-state index in [1.807, 2.05) is 37.3 Å². The van der Waals surface area contributed by atoms with Gasteiger partial charge >= 0.3 is 0 Å². The molecule has 108 valence electrons. The van der Waals surface area contributed by atoms with E-state index in [0.29, 0.717) is 0 Å². The molecular formula is C15H15N3O2S. The summed E-state index contributed by atoms with van der Waals surface area (Å²) < 4.78 is 26.1. The van der Waals surface area contributed by atoms with Gasteiger partial charge in [0.2, 0.25) is 10.0 Å². The van der Waals surface area contributed by atoms with E-state index in [0.717, 1.165) is 11.1 Å². The summed E-state index contributed by atoms with van der Waals surface area (Å²) >= 11 is 0. The van der Waals surface area contributed by atoms with Crippen LogP contribution < -0.4 is 0 Å². The smallest absolute Gasteiger partial charge is 0.244 e. The first-order valence-electron chi connectivity index (χ1n) is 6.31. The van der Waals surface area contributed by atoms with E-state index in [1.54, 1.807) is 0 Å². The van der Waals surface area contributed by atoms with Crippen LogP contribution in [0.2, 0.25) is 0 Å². The van der Waals surface area contributed by atoms with Crippen LogP contribution in [-0.4, -0.2) is 24.8 Å². The number of hydrogen-bond acceptors (Lipinski definition) is 4. The van der Waals surface area contributed by atoms with Crippen LogP contribution in [-0.2, 0) is 16.6 Å². The number of aryl methyl sites for hydroxylation is 1. The van der Waals surface area contributed by atoms with Gasteiger partial charge in [-0.3, -0.25) is 0 Å². The van der Waals surface area contributed by atoms with Gasteiger partial charge in [-0.1, -0.05) is 29.8 Å². The highest BCUT2D eigenvalue weighted by Gasteiger charge is 2.21. The number of benzene rings is 1. The van der Waals surface area contributed by atoms with Gasteiger partial charge in [0.1, 0.15) is 16.7 Å². The largest absolute Gasteiger partial charge is 0.244 e. The van der Waals surface area contributed by atoms with Gasteiger partial charge in [-0.25, -0.2) is 13.4 Å². The van der Waals surface area contributed by atoms with Gasteiger partial charge in [-0.05, 0) is 24.6 Å². The lowest BCUT2D eigenvalue weighted by Gasteiger charge is -2.17. The summed E-state index contributed by atoms with van der Waals surface area (Å²) in [4.78, 5) is 3.88. The van der Waals surface area contributed by atoms with Crippen LogP contribution >= 0.6 is 0 Å². The Morgan fingerprint density at radius 3 is 2.38 bits per heavy atom. The fourth-order valence-electron chi connectivity index (χ4n) is 1.81. The van der Waals surface area contributed by atoms with Crippen LogP contribution in [0.4, 0.5) is 0 Å². The second-order valence-electron chi connectivity index (χ2n) is 4.74. The Hall–Kier alpha value is -2.23. The van der Waals surface area contributed by atoms with Crippen molar-refractivity contribution in [1.82, 2.24) is 9.29 Å². The summed E-state index contributed by atoms with van der Waals surface area (Å²) in [6.07, 6.45) is 1.21. The lowest BCUT2D eigenvalue weighted by Crippen LogP contribution is -2.26. The molecule has 0 spiro atoms. The monoisotopic (exact) mass is 301 g/mol. The molecule has 0 amide bonds. The maximum atomic E-state index is 12.4. The predicted octanol–water partition coefficient (Wildman–Crippen LogP) is 2.08. The van der Waals surface area contributed by atoms with Crippen molar-refractivity contribution < 1.29 is 8.42 Å². The molecule has 0 bridgehead atoms. The Kier molecular flexibility index (Phi) is 4.36. The van der Waals surface area contributed by atoms with Crippen molar-refractivity contribution in [3.05, 3.63) is 59.4 Å². The fourth-order valence-corrected chi connectivity index (χ4v) is 2.92. The number of pyridine rings is 1. The topological polar surface area (TPSA) is 74.1 Å². The molecule has 1 aromatic heterocycles. The molecule has 0 atom stereocenters. The zero-order chi connectivity index (χ0) is 15.5. The fraction of sp³-hybridized carbons (Fsp3) is 0.200. The third-order valence-corrected chi connectivity index (χ3v) is 4.87. The van der Waals surface area contributed by atoms with E-state index in [1.165, 1.54) is 29.7 Å². The van der Waals surface area contributed by atoms with E-state index >= 15 is 0 Å². The van der Waals surface area contributed by atoms with Crippen LogP contribution in [0.3, 0.4) is 0 Å². The highest BCUT2D eigenvalue weighted by atomic mass is 32.2. The molecule has 0 fully saturated rings. The Balaban J connectivity index is 2.21. The molecule has 0 saturated carbocycles. The maximum absolute atomic E-state index is 12.4. The summed E-state index contributed by atoms with van der Waals surface area (Å²) in [6, 6.07) is 12.3. The number of hydrogen-bond donors (Lipinski definition) is 0. The van der Waals surface area contributed by atoms with Crippen LogP contribution in [0.25, 0.3) is 0 Å². The standard InChI is InChI=1S/C15H15N3O2S/c1-12-3-5-13(6-4-12)11-18(2)21(19,20)15-8-7-14(9-16)17-10-15/h3-8,10H,11H2,1-2H3. The molecule has 1 aromatic carbocycles. The minimum atomic E-state index is -3.61. The third kappa shape index (κ3) is 3.45. The van der Waals surface area contributed by atoms with E-state index in [9.17, 15) is 8.42 Å². The minimum Gasteiger partial charge on any atom is -0.244 e. The normalized spacial score (nSPS) is 11.3. The summed E-state index contributed by atoms with van der Waals surface area (Å²) in [6.45, 7) is 2.26. The van der Waals surface area contributed by atoms with Crippen LogP contribution in [0.5, 0.6) is 0 Å². The molecule has 0 aliphatic rings. The van der Waals surface area contributed by atoms with Crippen LogP contribution in [0.1, 0.15) is 16.8 Å². The molecule has 0 saturated heterocycles. The second-order valence-corrected chi connectivity index (χ2v) is 6.78. The van der Waals surface area contributed by atoms with Gasteiger partial charge in [-0.2, -0.15) is 9.57 Å². The molecule has 1 heterocycles. The highest BCUT2D eigenvalue weighted by Crippen LogP contribution is 2.16. The van der Waals surface area contributed by atoms with Gasteiger partial charge in [-0.15, -0.1) is 0 Å². The molecule has 0 N–H and O–H groups in total. The molecule has 2 rings (SSSR count). The Morgan fingerprint density at radius 1 is 1.19 bits per heavy atom.